The molecule has 0 bridgehead atoms. The fourth-order valence-corrected chi connectivity index (χ4v) is 4.01. The molecule has 9 heteroatoms. The highest BCUT2D eigenvalue weighted by Gasteiger charge is 2.36. The minimum absolute atomic E-state index is 0.0232. The number of amidine groups is 1. The van der Waals surface area contributed by atoms with E-state index in [0.717, 1.165) is 29.5 Å². The molecule has 0 radical (unpaired) electrons. The summed E-state index contributed by atoms with van der Waals surface area (Å²) in [7, 11) is 0. The summed E-state index contributed by atoms with van der Waals surface area (Å²) in [4.78, 5) is 31.0. The number of aliphatic imine (C=N–C) groups is 1. The number of halogens is 3. The van der Waals surface area contributed by atoms with Gasteiger partial charge in [0.1, 0.15) is 0 Å². The van der Waals surface area contributed by atoms with E-state index in [9.17, 15) is 22.8 Å². The first kappa shape index (κ1) is 21.9. The number of nitrogens with one attached hydrogen (secondary N) is 1. The molecule has 1 saturated heterocycles. The standard InChI is InChI=1S/C21H20F3N3O2S/c1-2-25-19(29)17-12-18(28)27(13-14-6-4-3-5-7-14)20(30-17)26-16-10-8-15(9-11-16)21(22,23)24/h3-11,17H,2,12-13H2,1H3,(H,25,29)/t17-/m0/s1. The maximum absolute atomic E-state index is 12.8. The van der Waals surface area contributed by atoms with Crippen molar-refractivity contribution in [3.8, 4) is 0 Å². The van der Waals surface area contributed by atoms with E-state index in [4.69, 9.17) is 0 Å². The van der Waals surface area contributed by atoms with E-state index >= 15 is 0 Å². The van der Waals surface area contributed by atoms with Crippen molar-refractivity contribution in [1.29, 1.82) is 0 Å². The summed E-state index contributed by atoms with van der Waals surface area (Å²) in [5, 5.41) is 2.34. The van der Waals surface area contributed by atoms with Crippen LogP contribution < -0.4 is 5.32 Å². The molecule has 0 aromatic heterocycles. The van der Waals surface area contributed by atoms with E-state index < -0.39 is 17.0 Å². The van der Waals surface area contributed by atoms with Crippen LogP contribution in [0.2, 0.25) is 0 Å². The summed E-state index contributed by atoms with van der Waals surface area (Å²) in [6, 6.07) is 13.7. The Hall–Kier alpha value is -2.81. The molecule has 1 fully saturated rings. The van der Waals surface area contributed by atoms with Gasteiger partial charge in [0, 0.05) is 13.0 Å². The minimum Gasteiger partial charge on any atom is -0.355 e. The fourth-order valence-electron chi connectivity index (χ4n) is 2.89. The topological polar surface area (TPSA) is 61.8 Å². The largest absolute Gasteiger partial charge is 0.416 e. The Labute approximate surface area is 176 Å². The fraction of sp³-hybridized carbons (Fsp3) is 0.286. The lowest BCUT2D eigenvalue weighted by atomic mass is 10.2. The normalized spacial score (nSPS) is 18.5. The first-order chi connectivity index (χ1) is 14.3. The molecule has 1 N–H and O–H groups in total. The predicted octanol–water partition coefficient (Wildman–Crippen LogP) is 4.36. The molecule has 1 aliphatic heterocycles. The minimum atomic E-state index is -4.44. The summed E-state index contributed by atoms with van der Waals surface area (Å²) in [5.74, 6) is -0.533. The number of thioether (sulfide) groups is 1. The average Bonchev–Trinajstić information content (AvgIpc) is 2.71. The number of hydrogen-bond acceptors (Lipinski definition) is 4. The van der Waals surface area contributed by atoms with E-state index in [1.807, 2.05) is 30.3 Å². The molecule has 30 heavy (non-hydrogen) atoms. The van der Waals surface area contributed by atoms with Crippen LogP contribution in [0, 0.1) is 0 Å². The highest BCUT2D eigenvalue weighted by molar-refractivity contribution is 8.15. The quantitative estimate of drug-likeness (QED) is 0.759. The summed E-state index contributed by atoms with van der Waals surface area (Å²) in [6.45, 7) is 2.48. The maximum Gasteiger partial charge on any atom is 0.416 e. The monoisotopic (exact) mass is 435 g/mol. The SMILES string of the molecule is CCNC(=O)[C@@H]1CC(=O)N(Cc2ccccc2)C(=Nc2ccc(C(F)(F)F)cc2)S1. The predicted molar refractivity (Wildman–Crippen MR) is 110 cm³/mol. The molecule has 2 aromatic carbocycles. The zero-order chi connectivity index (χ0) is 21.7. The van der Waals surface area contributed by atoms with Gasteiger partial charge in [0.2, 0.25) is 11.8 Å². The van der Waals surface area contributed by atoms with Crippen LogP contribution >= 0.6 is 11.8 Å². The van der Waals surface area contributed by atoms with Crippen LogP contribution in [-0.4, -0.2) is 33.7 Å². The van der Waals surface area contributed by atoms with Crippen molar-refractivity contribution in [2.45, 2.75) is 31.3 Å². The number of nitrogens with zero attached hydrogens (tertiary/aromatic N) is 2. The molecule has 2 aromatic rings. The number of carbonyl (C=O) groups excluding carboxylic acids is 2. The van der Waals surface area contributed by atoms with Gasteiger partial charge < -0.3 is 5.32 Å². The molecule has 5 nitrogen and oxygen atoms in total. The van der Waals surface area contributed by atoms with Crippen molar-refractivity contribution in [1.82, 2.24) is 10.2 Å². The van der Waals surface area contributed by atoms with Crippen molar-refractivity contribution in [3.63, 3.8) is 0 Å². The van der Waals surface area contributed by atoms with Crippen LogP contribution in [0.4, 0.5) is 18.9 Å². The van der Waals surface area contributed by atoms with Gasteiger partial charge in [0.25, 0.3) is 0 Å². The molecule has 158 valence electrons. The van der Waals surface area contributed by atoms with Crippen molar-refractivity contribution in [3.05, 3.63) is 65.7 Å². The van der Waals surface area contributed by atoms with Gasteiger partial charge in [0.15, 0.2) is 5.17 Å². The van der Waals surface area contributed by atoms with E-state index in [-0.39, 0.29) is 35.6 Å². The number of alkyl halides is 3. The molecular weight excluding hydrogens is 415 g/mol. The third-order valence-corrected chi connectivity index (χ3v) is 5.57. The Morgan fingerprint density at radius 1 is 1.17 bits per heavy atom. The summed E-state index contributed by atoms with van der Waals surface area (Å²) >= 11 is 1.14. The first-order valence-electron chi connectivity index (χ1n) is 9.32. The Balaban J connectivity index is 1.91. The molecule has 3 rings (SSSR count). The van der Waals surface area contributed by atoms with Gasteiger partial charge in [-0.25, -0.2) is 4.99 Å². The van der Waals surface area contributed by atoms with Crippen LogP contribution in [0.1, 0.15) is 24.5 Å². The highest BCUT2D eigenvalue weighted by atomic mass is 32.2. The van der Waals surface area contributed by atoms with Crippen LogP contribution in [-0.2, 0) is 22.3 Å². The molecule has 0 spiro atoms. The average molecular weight is 435 g/mol. The Morgan fingerprint density at radius 2 is 1.83 bits per heavy atom. The second kappa shape index (κ2) is 9.34. The van der Waals surface area contributed by atoms with Crippen LogP contribution in [0.15, 0.2) is 59.6 Å². The van der Waals surface area contributed by atoms with E-state index in [1.54, 1.807) is 6.92 Å². The van der Waals surface area contributed by atoms with Crippen LogP contribution in [0.25, 0.3) is 0 Å². The van der Waals surface area contributed by atoms with Gasteiger partial charge in [-0.3, -0.25) is 14.5 Å². The summed E-state index contributed by atoms with van der Waals surface area (Å²) in [5.41, 5.74) is 0.371. The Morgan fingerprint density at radius 3 is 2.43 bits per heavy atom. The van der Waals surface area contributed by atoms with E-state index in [0.29, 0.717) is 6.54 Å². The highest BCUT2D eigenvalue weighted by Crippen LogP contribution is 2.33. The molecule has 2 amide bonds. The van der Waals surface area contributed by atoms with E-state index in [2.05, 4.69) is 10.3 Å². The lowest BCUT2D eigenvalue weighted by molar-refractivity contribution is -0.137. The smallest absolute Gasteiger partial charge is 0.355 e. The van der Waals surface area contributed by atoms with Gasteiger partial charge in [-0.2, -0.15) is 13.2 Å². The Bertz CT molecular complexity index is 931. The third-order valence-electron chi connectivity index (χ3n) is 4.39. The van der Waals surface area contributed by atoms with Gasteiger partial charge in [-0.05, 0) is 36.8 Å². The number of hydrogen-bond donors (Lipinski definition) is 1. The second-order valence-electron chi connectivity index (χ2n) is 6.61. The molecule has 1 aliphatic rings. The van der Waals surface area contributed by atoms with Gasteiger partial charge in [-0.15, -0.1) is 0 Å². The first-order valence-corrected chi connectivity index (χ1v) is 10.2. The van der Waals surface area contributed by atoms with Gasteiger partial charge in [-0.1, -0.05) is 42.1 Å². The van der Waals surface area contributed by atoms with Gasteiger partial charge in [0.05, 0.1) is 23.0 Å². The lowest BCUT2D eigenvalue weighted by Gasteiger charge is -2.31. The van der Waals surface area contributed by atoms with E-state index in [1.165, 1.54) is 17.0 Å². The number of rotatable bonds is 5. The van der Waals surface area contributed by atoms with Crippen LogP contribution in [0.5, 0.6) is 0 Å². The molecule has 1 atom stereocenters. The van der Waals surface area contributed by atoms with Gasteiger partial charge >= 0.3 is 6.18 Å². The molecule has 0 saturated carbocycles. The second-order valence-corrected chi connectivity index (χ2v) is 7.78. The third kappa shape index (κ3) is 5.41. The molecule has 0 unspecified atom stereocenters. The number of carbonyl (C=O) groups is 2. The van der Waals surface area contributed by atoms with Crippen molar-refractivity contribution >= 4 is 34.4 Å². The summed E-state index contributed by atoms with van der Waals surface area (Å²) < 4.78 is 38.4. The van der Waals surface area contributed by atoms with Crippen molar-refractivity contribution in [2.24, 2.45) is 4.99 Å². The zero-order valence-electron chi connectivity index (χ0n) is 16.1. The molecule has 0 aliphatic carbocycles. The number of benzene rings is 2. The maximum atomic E-state index is 12.8. The van der Waals surface area contributed by atoms with Crippen molar-refractivity contribution in [2.75, 3.05) is 6.54 Å². The molecular formula is C21H20F3N3O2S. The summed E-state index contributed by atoms with van der Waals surface area (Å²) in [6.07, 6.45) is -4.42. The van der Waals surface area contributed by atoms with Crippen molar-refractivity contribution < 1.29 is 22.8 Å². The number of amides is 2. The lowest BCUT2D eigenvalue weighted by Crippen LogP contribution is -2.46. The van der Waals surface area contributed by atoms with Crippen LogP contribution in [0.3, 0.4) is 0 Å². The zero-order valence-corrected chi connectivity index (χ0v) is 17.0. The molecule has 1 heterocycles. The Kier molecular flexibility index (Phi) is 6.81.